The number of aliphatic hydroxyl groups is 1. The Morgan fingerprint density at radius 3 is 2.46 bits per heavy atom. The molecule has 0 aromatic carbocycles. The first-order valence-corrected chi connectivity index (χ1v) is 13.3. The van der Waals surface area contributed by atoms with Crippen molar-refractivity contribution in [2.75, 3.05) is 13.2 Å². The van der Waals surface area contributed by atoms with E-state index in [9.17, 15) is 5.11 Å². The van der Waals surface area contributed by atoms with Crippen molar-refractivity contribution in [2.24, 2.45) is 0 Å². The number of hydrogen-bond donors (Lipinski definition) is 1. The van der Waals surface area contributed by atoms with Gasteiger partial charge in [-0.1, -0.05) is 20.8 Å². The standard InChI is InChI=1S/C20H38O5Si/c1-19(2,3)26(4,5)25-17-9-7-13-23-18(17)14-20(21)11-10-15-16(24-20)8-6-12-22-15/h15-18,21H,6-14H2,1-5H3/t15-,16+,17-,18+,20?/m0/s1. The van der Waals surface area contributed by atoms with E-state index >= 15 is 0 Å². The van der Waals surface area contributed by atoms with Gasteiger partial charge in [0.25, 0.3) is 0 Å². The summed E-state index contributed by atoms with van der Waals surface area (Å²) in [7, 11) is -1.87. The van der Waals surface area contributed by atoms with Crippen LogP contribution in [0.2, 0.25) is 18.1 Å². The molecule has 152 valence electrons. The van der Waals surface area contributed by atoms with Gasteiger partial charge in [-0.2, -0.15) is 0 Å². The van der Waals surface area contributed by atoms with Crippen LogP contribution in [0.3, 0.4) is 0 Å². The van der Waals surface area contributed by atoms with Gasteiger partial charge in [-0.3, -0.25) is 0 Å². The Hall–Kier alpha value is 0.0169. The summed E-state index contributed by atoms with van der Waals surface area (Å²) in [5.41, 5.74) is 0. The summed E-state index contributed by atoms with van der Waals surface area (Å²) < 4.78 is 24.7. The first-order chi connectivity index (χ1) is 12.1. The molecule has 0 aliphatic carbocycles. The molecule has 1 unspecified atom stereocenters. The molecular formula is C20H38O5Si. The fourth-order valence-corrected chi connectivity index (χ4v) is 5.46. The van der Waals surface area contributed by atoms with Gasteiger partial charge < -0.3 is 23.7 Å². The number of hydrogen-bond acceptors (Lipinski definition) is 5. The molecule has 3 fully saturated rings. The van der Waals surface area contributed by atoms with E-state index in [1.807, 2.05) is 0 Å². The molecule has 0 amide bonds. The average molecular weight is 387 g/mol. The molecule has 0 radical (unpaired) electrons. The molecule has 5 atom stereocenters. The average Bonchev–Trinajstić information content (AvgIpc) is 2.55. The molecule has 0 aromatic rings. The SMILES string of the molecule is CC(C)(C)[Si](C)(C)O[C@H]1CCCO[C@@H]1CC1(O)CC[C@@H]2OCCC[C@H]2O1. The molecule has 5 nitrogen and oxygen atoms in total. The number of rotatable bonds is 4. The van der Waals surface area contributed by atoms with E-state index in [4.69, 9.17) is 18.6 Å². The monoisotopic (exact) mass is 386 g/mol. The summed E-state index contributed by atoms with van der Waals surface area (Å²) in [6, 6.07) is 0. The largest absolute Gasteiger partial charge is 0.411 e. The van der Waals surface area contributed by atoms with Crippen molar-refractivity contribution in [1.29, 1.82) is 0 Å². The molecule has 26 heavy (non-hydrogen) atoms. The van der Waals surface area contributed by atoms with Crippen molar-refractivity contribution >= 4 is 8.32 Å². The summed E-state index contributed by atoms with van der Waals surface area (Å²) in [4.78, 5) is 0. The molecule has 0 saturated carbocycles. The molecule has 3 saturated heterocycles. The molecule has 3 aliphatic rings. The van der Waals surface area contributed by atoms with Crippen LogP contribution < -0.4 is 0 Å². The third kappa shape index (κ3) is 4.70. The minimum absolute atomic E-state index is 0.0193. The van der Waals surface area contributed by atoms with Gasteiger partial charge in [-0.15, -0.1) is 0 Å². The smallest absolute Gasteiger partial charge is 0.192 e. The molecule has 3 aliphatic heterocycles. The van der Waals surface area contributed by atoms with Gasteiger partial charge in [0.2, 0.25) is 0 Å². The summed E-state index contributed by atoms with van der Waals surface area (Å²) in [5, 5.41) is 11.3. The van der Waals surface area contributed by atoms with Crippen LogP contribution in [0, 0.1) is 0 Å². The first kappa shape index (κ1) is 20.7. The van der Waals surface area contributed by atoms with Crippen LogP contribution in [-0.4, -0.2) is 56.8 Å². The second-order valence-corrected chi connectivity index (χ2v) is 14.6. The Labute approximate surface area is 159 Å². The molecule has 0 spiro atoms. The quantitative estimate of drug-likeness (QED) is 0.740. The van der Waals surface area contributed by atoms with Crippen LogP contribution in [0.1, 0.15) is 65.7 Å². The molecule has 6 heteroatoms. The van der Waals surface area contributed by atoms with Crippen molar-refractivity contribution < 1.29 is 23.7 Å². The van der Waals surface area contributed by atoms with Gasteiger partial charge >= 0.3 is 0 Å². The van der Waals surface area contributed by atoms with Crippen molar-refractivity contribution in [3.05, 3.63) is 0 Å². The number of ether oxygens (including phenoxy) is 3. The summed E-state index contributed by atoms with van der Waals surface area (Å²) in [6.45, 7) is 12.9. The van der Waals surface area contributed by atoms with Gasteiger partial charge in [-0.05, 0) is 50.2 Å². The highest BCUT2D eigenvalue weighted by Crippen LogP contribution is 2.41. The van der Waals surface area contributed by atoms with Crippen LogP contribution in [-0.2, 0) is 18.6 Å². The molecule has 1 N–H and O–H groups in total. The molecule has 3 heterocycles. The van der Waals surface area contributed by atoms with Crippen molar-refractivity contribution in [3.8, 4) is 0 Å². The van der Waals surface area contributed by atoms with Crippen molar-refractivity contribution in [1.82, 2.24) is 0 Å². The minimum atomic E-state index is -1.87. The van der Waals surface area contributed by atoms with E-state index in [0.29, 0.717) is 12.8 Å². The Morgan fingerprint density at radius 2 is 1.73 bits per heavy atom. The molecule has 0 bridgehead atoms. The van der Waals surface area contributed by atoms with E-state index in [-0.39, 0.29) is 29.5 Å². The first-order valence-electron chi connectivity index (χ1n) is 10.4. The topological polar surface area (TPSA) is 57.2 Å². The lowest BCUT2D eigenvalue weighted by Gasteiger charge is -2.47. The van der Waals surface area contributed by atoms with Crippen LogP contribution >= 0.6 is 0 Å². The lowest BCUT2D eigenvalue weighted by Crippen LogP contribution is -2.54. The summed E-state index contributed by atoms with van der Waals surface area (Å²) in [6.07, 6.45) is 6.10. The Kier molecular flexibility index (Phi) is 6.22. The van der Waals surface area contributed by atoms with Gasteiger partial charge in [0, 0.05) is 26.1 Å². The van der Waals surface area contributed by atoms with E-state index in [0.717, 1.165) is 45.3 Å². The van der Waals surface area contributed by atoms with Crippen LogP contribution in [0.25, 0.3) is 0 Å². The van der Waals surface area contributed by atoms with Crippen LogP contribution in [0.5, 0.6) is 0 Å². The predicted octanol–water partition coefficient (Wildman–Crippen LogP) is 3.99. The molecule has 0 aromatic heterocycles. The highest BCUT2D eigenvalue weighted by molar-refractivity contribution is 6.74. The van der Waals surface area contributed by atoms with E-state index in [1.54, 1.807) is 0 Å². The fraction of sp³-hybridized carbons (Fsp3) is 1.00. The minimum Gasteiger partial charge on any atom is -0.411 e. The van der Waals surface area contributed by atoms with Crippen molar-refractivity contribution in [3.63, 3.8) is 0 Å². The Morgan fingerprint density at radius 1 is 1.04 bits per heavy atom. The fourth-order valence-electron chi connectivity index (χ4n) is 4.08. The molecular weight excluding hydrogens is 348 g/mol. The number of fused-ring (bicyclic) bond motifs is 1. The summed E-state index contributed by atoms with van der Waals surface area (Å²) >= 11 is 0. The second kappa shape index (κ2) is 7.80. The lowest BCUT2D eigenvalue weighted by molar-refractivity contribution is -0.305. The predicted molar refractivity (Wildman–Crippen MR) is 104 cm³/mol. The lowest BCUT2D eigenvalue weighted by atomic mass is 9.89. The van der Waals surface area contributed by atoms with Crippen molar-refractivity contribution in [2.45, 2.75) is 114 Å². The second-order valence-electron chi connectivity index (χ2n) is 9.86. The highest BCUT2D eigenvalue weighted by atomic mass is 28.4. The Balaban J connectivity index is 1.64. The summed E-state index contributed by atoms with van der Waals surface area (Å²) in [5.74, 6) is -1.11. The zero-order valence-corrected chi connectivity index (χ0v) is 18.3. The van der Waals surface area contributed by atoms with E-state index < -0.39 is 14.1 Å². The van der Waals surface area contributed by atoms with Crippen LogP contribution in [0.4, 0.5) is 0 Å². The van der Waals surface area contributed by atoms with Crippen LogP contribution in [0.15, 0.2) is 0 Å². The van der Waals surface area contributed by atoms with Gasteiger partial charge in [-0.25, -0.2) is 0 Å². The third-order valence-corrected chi connectivity index (χ3v) is 11.2. The zero-order chi connectivity index (χ0) is 19.0. The maximum Gasteiger partial charge on any atom is 0.192 e. The third-order valence-electron chi connectivity index (χ3n) is 6.72. The normalized spacial score (nSPS) is 39.5. The highest BCUT2D eigenvalue weighted by Gasteiger charge is 2.47. The van der Waals surface area contributed by atoms with E-state index in [2.05, 4.69) is 33.9 Å². The van der Waals surface area contributed by atoms with Gasteiger partial charge in [0.05, 0.1) is 24.4 Å². The van der Waals surface area contributed by atoms with Gasteiger partial charge in [0.1, 0.15) is 0 Å². The maximum atomic E-state index is 11.1. The molecule has 3 rings (SSSR count). The maximum absolute atomic E-state index is 11.1. The van der Waals surface area contributed by atoms with Gasteiger partial charge in [0.15, 0.2) is 14.1 Å². The zero-order valence-electron chi connectivity index (χ0n) is 17.3. The van der Waals surface area contributed by atoms with E-state index in [1.165, 1.54) is 0 Å². The Bertz CT molecular complexity index is 477.